The number of benzene rings is 5. The third kappa shape index (κ3) is 5.36. The van der Waals surface area contributed by atoms with E-state index in [1.165, 1.54) is 33.4 Å². The van der Waals surface area contributed by atoms with Crippen LogP contribution in [-0.4, -0.2) is 22.5 Å². The van der Waals surface area contributed by atoms with Crippen molar-refractivity contribution in [3.05, 3.63) is 179 Å². The second-order valence-electron chi connectivity index (χ2n) is 11.1. The van der Waals surface area contributed by atoms with E-state index in [-0.39, 0.29) is 24.2 Å². The molecule has 2 aliphatic rings. The summed E-state index contributed by atoms with van der Waals surface area (Å²) < 4.78 is 0. The van der Waals surface area contributed by atoms with Gasteiger partial charge in [-0.2, -0.15) is 0 Å². The highest BCUT2D eigenvalue weighted by Crippen LogP contribution is 2.42. The minimum atomic E-state index is 0.0687. The van der Waals surface area contributed by atoms with Crippen molar-refractivity contribution in [3.63, 3.8) is 0 Å². The molecule has 0 bridgehead atoms. The molecule has 0 aliphatic carbocycles. The SMILES string of the molecule is C1=NC(c2ccccc2)C(c2ccccc2)N1Cc1cccc(CN2C=NC(c3ccccc3)C2c2ccccc2)c1. The van der Waals surface area contributed by atoms with Gasteiger partial charge in [-0.05, 0) is 33.4 Å². The maximum Gasteiger partial charge on any atom is 0.101 e. The Bertz CT molecular complexity index is 1530. The number of rotatable bonds is 8. The Kier molecular flexibility index (Phi) is 7.34. The van der Waals surface area contributed by atoms with E-state index in [0.29, 0.717) is 0 Å². The molecule has 2 aliphatic heterocycles. The molecule has 42 heavy (non-hydrogen) atoms. The second-order valence-corrected chi connectivity index (χ2v) is 11.1. The molecule has 0 fully saturated rings. The molecule has 0 spiro atoms. The van der Waals surface area contributed by atoms with E-state index in [2.05, 4.69) is 155 Å². The molecule has 0 aromatic heterocycles. The molecule has 7 rings (SSSR count). The van der Waals surface area contributed by atoms with E-state index in [9.17, 15) is 0 Å². The van der Waals surface area contributed by atoms with Crippen LogP contribution < -0.4 is 0 Å². The highest BCUT2D eigenvalue weighted by Gasteiger charge is 2.34. The van der Waals surface area contributed by atoms with E-state index in [4.69, 9.17) is 9.98 Å². The molecule has 0 N–H and O–H groups in total. The van der Waals surface area contributed by atoms with Gasteiger partial charge in [0.15, 0.2) is 0 Å². The topological polar surface area (TPSA) is 31.2 Å². The van der Waals surface area contributed by atoms with E-state index in [0.717, 1.165) is 13.1 Å². The molecule has 5 aromatic carbocycles. The van der Waals surface area contributed by atoms with Crippen LogP contribution in [0.15, 0.2) is 156 Å². The van der Waals surface area contributed by atoms with Gasteiger partial charge in [0.05, 0.1) is 24.8 Å². The van der Waals surface area contributed by atoms with Crippen molar-refractivity contribution < 1.29 is 0 Å². The summed E-state index contributed by atoms with van der Waals surface area (Å²) in [5.41, 5.74) is 7.61. The Hall–Kier alpha value is -4.96. The van der Waals surface area contributed by atoms with E-state index in [1.807, 2.05) is 12.7 Å². The first-order valence-corrected chi connectivity index (χ1v) is 14.7. The minimum Gasteiger partial charge on any atom is -0.349 e. The molecule has 5 aromatic rings. The van der Waals surface area contributed by atoms with Crippen molar-refractivity contribution >= 4 is 12.7 Å². The minimum absolute atomic E-state index is 0.0687. The smallest absolute Gasteiger partial charge is 0.101 e. The summed E-state index contributed by atoms with van der Waals surface area (Å²) in [4.78, 5) is 14.8. The van der Waals surface area contributed by atoms with Crippen molar-refractivity contribution in [1.82, 2.24) is 9.80 Å². The average molecular weight is 547 g/mol. The lowest BCUT2D eigenvalue weighted by Gasteiger charge is -2.30. The van der Waals surface area contributed by atoms with Gasteiger partial charge in [-0.3, -0.25) is 9.98 Å². The zero-order chi connectivity index (χ0) is 28.1. The standard InChI is InChI=1S/C38H34N4/c1-5-16-31(17-6-1)35-37(33-20-9-3-10-21-33)41(27-39-35)25-29-14-13-15-30(24-29)26-42-28-40-36(32-18-7-2-8-19-32)38(42)34-22-11-4-12-23-34/h1-24,27-28,35-38H,25-26H2. The summed E-state index contributed by atoms with van der Waals surface area (Å²) in [5, 5.41) is 0. The number of hydrogen-bond acceptors (Lipinski definition) is 4. The Morgan fingerprint density at radius 3 is 1.14 bits per heavy atom. The molecule has 0 saturated carbocycles. The molecule has 206 valence electrons. The van der Waals surface area contributed by atoms with Crippen LogP contribution in [0.1, 0.15) is 57.5 Å². The Morgan fingerprint density at radius 2 is 0.762 bits per heavy atom. The first kappa shape index (κ1) is 26.0. The van der Waals surface area contributed by atoms with Gasteiger partial charge in [0.25, 0.3) is 0 Å². The van der Waals surface area contributed by atoms with Gasteiger partial charge in [0.2, 0.25) is 0 Å². The number of aliphatic imine (C=N–C) groups is 2. The monoisotopic (exact) mass is 546 g/mol. The highest BCUT2D eigenvalue weighted by molar-refractivity contribution is 5.62. The molecular weight excluding hydrogens is 512 g/mol. The maximum atomic E-state index is 5.00. The summed E-state index contributed by atoms with van der Waals surface area (Å²) in [6.07, 6.45) is 4.09. The molecule has 2 heterocycles. The summed E-state index contributed by atoms with van der Waals surface area (Å²) >= 11 is 0. The molecule has 0 saturated heterocycles. The lowest BCUT2D eigenvalue weighted by molar-refractivity contribution is 0.306. The van der Waals surface area contributed by atoms with Gasteiger partial charge in [-0.1, -0.05) is 146 Å². The van der Waals surface area contributed by atoms with Crippen molar-refractivity contribution in [3.8, 4) is 0 Å². The fourth-order valence-corrected chi connectivity index (χ4v) is 6.40. The average Bonchev–Trinajstić information content (AvgIpc) is 3.67. The predicted octanol–water partition coefficient (Wildman–Crippen LogP) is 8.34. The molecule has 4 heteroatoms. The zero-order valence-electron chi connectivity index (χ0n) is 23.5. The van der Waals surface area contributed by atoms with Gasteiger partial charge in [-0.25, -0.2) is 0 Å². The number of nitrogens with zero attached hydrogens (tertiary/aromatic N) is 4. The first-order valence-electron chi connectivity index (χ1n) is 14.7. The second kappa shape index (κ2) is 11.9. The van der Waals surface area contributed by atoms with Crippen LogP contribution in [0.4, 0.5) is 0 Å². The van der Waals surface area contributed by atoms with Crippen LogP contribution in [0.3, 0.4) is 0 Å². The van der Waals surface area contributed by atoms with E-state index < -0.39 is 0 Å². The summed E-state index contributed by atoms with van der Waals surface area (Å²) in [6.45, 7) is 1.59. The van der Waals surface area contributed by atoms with Gasteiger partial charge < -0.3 is 9.80 Å². The number of hydrogen-bond donors (Lipinski definition) is 0. The van der Waals surface area contributed by atoms with Crippen LogP contribution in [0.2, 0.25) is 0 Å². The first-order chi connectivity index (χ1) is 20.8. The van der Waals surface area contributed by atoms with Crippen molar-refractivity contribution in [1.29, 1.82) is 0 Å². The van der Waals surface area contributed by atoms with Gasteiger partial charge in [0.1, 0.15) is 12.1 Å². The van der Waals surface area contributed by atoms with Crippen LogP contribution in [0, 0.1) is 0 Å². The quantitative estimate of drug-likeness (QED) is 0.196. The third-order valence-corrected chi connectivity index (χ3v) is 8.35. The molecule has 4 nitrogen and oxygen atoms in total. The normalized spacial score (nSPS) is 21.2. The van der Waals surface area contributed by atoms with Gasteiger partial charge in [-0.15, -0.1) is 0 Å². The lowest BCUT2D eigenvalue weighted by atomic mass is 9.93. The predicted molar refractivity (Wildman–Crippen MR) is 171 cm³/mol. The fourth-order valence-electron chi connectivity index (χ4n) is 6.40. The van der Waals surface area contributed by atoms with Gasteiger partial charge >= 0.3 is 0 Å². The van der Waals surface area contributed by atoms with E-state index >= 15 is 0 Å². The van der Waals surface area contributed by atoms with Crippen LogP contribution in [0.5, 0.6) is 0 Å². The van der Waals surface area contributed by atoms with Crippen LogP contribution >= 0.6 is 0 Å². The van der Waals surface area contributed by atoms with Crippen molar-refractivity contribution in [2.75, 3.05) is 0 Å². The highest BCUT2D eigenvalue weighted by atomic mass is 15.3. The molecular formula is C38H34N4. The largest absolute Gasteiger partial charge is 0.349 e. The Labute approximate surface area is 248 Å². The summed E-state index contributed by atoms with van der Waals surface area (Å²) in [6, 6.07) is 52.3. The zero-order valence-corrected chi connectivity index (χ0v) is 23.5. The summed E-state index contributed by atoms with van der Waals surface area (Å²) in [5.74, 6) is 0. The fraction of sp³-hybridized carbons (Fsp3) is 0.158. The molecule has 4 atom stereocenters. The Morgan fingerprint density at radius 1 is 0.405 bits per heavy atom. The van der Waals surface area contributed by atoms with Crippen molar-refractivity contribution in [2.45, 2.75) is 37.3 Å². The van der Waals surface area contributed by atoms with Crippen molar-refractivity contribution in [2.24, 2.45) is 9.98 Å². The molecule has 0 amide bonds. The van der Waals surface area contributed by atoms with Crippen LogP contribution in [0.25, 0.3) is 0 Å². The van der Waals surface area contributed by atoms with E-state index in [1.54, 1.807) is 0 Å². The van der Waals surface area contributed by atoms with Crippen LogP contribution in [-0.2, 0) is 13.1 Å². The lowest BCUT2D eigenvalue weighted by Crippen LogP contribution is -2.26. The maximum absolute atomic E-state index is 5.00. The summed E-state index contributed by atoms with van der Waals surface area (Å²) in [7, 11) is 0. The molecule has 0 radical (unpaired) electrons. The molecule has 4 unspecified atom stereocenters. The third-order valence-electron chi connectivity index (χ3n) is 8.35. The van der Waals surface area contributed by atoms with Gasteiger partial charge in [0, 0.05) is 13.1 Å². The Balaban J connectivity index is 1.13.